The highest BCUT2D eigenvalue weighted by Crippen LogP contribution is 2.32. The summed E-state index contributed by atoms with van der Waals surface area (Å²) in [6, 6.07) is 6.05. The summed E-state index contributed by atoms with van der Waals surface area (Å²) in [5, 5.41) is 21.4. The highest BCUT2D eigenvalue weighted by molar-refractivity contribution is 9.10. The van der Waals surface area contributed by atoms with Crippen LogP contribution in [0.25, 0.3) is 0 Å². The van der Waals surface area contributed by atoms with Crippen LogP contribution < -0.4 is 10.6 Å². The second kappa shape index (κ2) is 6.95. The molecule has 2 rings (SSSR count). The zero-order valence-corrected chi connectivity index (χ0v) is 12.9. The Morgan fingerprint density at radius 1 is 1.40 bits per heavy atom. The first-order chi connectivity index (χ1) is 9.67. The first kappa shape index (κ1) is 15.1. The number of rotatable bonds is 5. The van der Waals surface area contributed by atoms with Crippen LogP contribution in [0.5, 0.6) is 0 Å². The number of benzene rings is 1. The van der Waals surface area contributed by atoms with E-state index in [1.165, 1.54) is 12.8 Å². The molecule has 1 aliphatic carbocycles. The largest absolute Gasteiger partial charge is 0.409 e. The van der Waals surface area contributed by atoms with E-state index in [0.29, 0.717) is 18.2 Å². The minimum atomic E-state index is 0.0820. The molecule has 0 amide bonds. The van der Waals surface area contributed by atoms with Crippen molar-refractivity contribution in [3.8, 4) is 0 Å². The average Bonchev–Trinajstić information content (AvgIpc) is 2.97. The second-order valence-corrected chi connectivity index (χ2v) is 5.92. The molecule has 1 fully saturated rings. The maximum Gasteiger partial charge on any atom is 0.172 e. The van der Waals surface area contributed by atoms with Crippen molar-refractivity contribution >= 4 is 27.5 Å². The number of hydrogen-bond acceptors (Lipinski definition) is 4. The Hall–Kier alpha value is -1.27. The Kier molecular flexibility index (Phi) is 5.25. The van der Waals surface area contributed by atoms with E-state index in [0.717, 1.165) is 23.0 Å². The number of halogens is 1. The van der Waals surface area contributed by atoms with Gasteiger partial charge in [-0.3, -0.25) is 0 Å². The van der Waals surface area contributed by atoms with Gasteiger partial charge in [-0.25, -0.2) is 0 Å². The van der Waals surface area contributed by atoms with Crippen LogP contribution in [0.1, 0.15) is 31.2 Å². The van der Waals surface area contributed by atoms with Crippen LogP contribution in [0.15, 0.2) is 27.8 Å². The molecule has 0 spiro atoms. The van der Waals surface area contributed by atoms with Crippen LogP contribution in [0.2, 0.25) is 0 Å². The average molecular weight is 342 g/mol. The van der Waals surface area contributed by atoms with Crippen molar-refractivity contribution < 1.29 is 10.3 Å². The molecule has 0 radical (unpaired) electrons. The standard InChI is InChI=1S/C14H20BrN3O2/c15-10-5-6-12(14(16)17-20)13(9-10)18(7-8-19)11-3-1-2-4-11/h5-6,9,11,19-20H,1-4,7-8H2,(H2,16,17). The number of oxime groups is 1. The summed E-state index contributed by atoms with van der Waals surface area (Å²) >= 11 is 3.46. The fraction of sp³-hybridized carbons (Fsp3) is 0.500. The van der Waals surface area contributed by atoms with Gasteiger partial charge < -0.3 is 20.9 Å². The van der Waals surface area contributed by atoms with Gasteiger partial charge in [0.15, 0.2) is 5.84 Å². The Balaban J connectivity index is 2.42. The van der Waals surface area contributed by atoms with Gasteiger partial charge in [0.25, 0.3) is 0 Å². The van der Waals surface area contributed by atoms with Gasteiger partial charge in [0.05, 0.1) is 6.61 Å². The Morgan fingerprint density at radius 3 is 2.70 bits per heavy atom. The van der Waals surface area contributed by atoms with Crippen LogP contribution in [0.3, 0.4) is 0 Å². The lowest BCUT2D eigenvalue weighted by molar-refractivity contribution is 0.297. The van der Waals surface area contributed by atoms with Gasteiger partial charge >= 0.3 is 0 Å². The van der Waals surface area contributed by atoms with Crippen molar-refractivity contribution in [2.75, 3.05) is 18.1 Å². The highest BCUT2D eigenvalue weighted by Gasteiger charge is 2.25. The molecule has 20 heavy (non-hydrogen) atoms. The van der Waals surface area contributed by atoms with Crippen LogP contribution in [-0.2, 0) is 0 Å². The summed E-state index contributed by atoms with van der Waals surface area (Å²) in [5.74, 6) is 0.0911. The number of aliphatic hydroxyl groups excluding tert-OH is 1. The lowest BCUT2D eigenvalue weighted by atomic mass is 10.1. The molecule has 0 bridgehead atoms. The monoisotopic (exact) mass is 341 g/mol. The van der Waals surface area contributed by atoms with Crippen molar-refractivity contribution in [1.82, 2.24) is 0 Å². The lowest BCUT2D eigenvalue weighted by Crippen LogP contribution is -2.37. The van der Waals surface area contributed by atoms with Crippen molar-refractivity contribution in [2.24, 2.45) is 10.9 Å². The molecule has 0 atom stereocenters. The molecule has 6 heteroatoms. The predicted octanol–water partition coefficient (Wildman–Crippen LogP) is 2.28. The van der Waals surface area contributed by atoms with Gasteiger partial charge in [-0.1, -0.05) is 33.9 Å². The molecular formula is C14H20BrN3O2. The first-order valence-electron chi connectivity index (χ1n) is 6.82. The van der Waals surface area contributed by atoms with E-state index < -0.39 is 0 Å². The van der Waals surface area contributed by atoms with Crippen LogP contribution in [-0.4, -0.2) is 35.3 Å². The Labute approximate surface area is 127 Å². The maximum absolute atomic E-state index is 9.35. The van der Waals surface area contributed by atoms with E-state index >= 15 is 0 Å². The maximum atomic E-state index is 9.35. The molecule has 110 valence electrons. The topological polar surface area (TPSA) is 82.1 Å². The molecule has 1 aromatic carbocycles. The quantitative estimate of drug-likeness (QED) is 0.332. The highest BCUT2D eigenvalue weighted by atomic mass is 79.9. The van der Waals surface area contributed by atoms with Gasteiger partial charge in [-0.15, -0.1) is 0 Å². The number of aliphatic hydroxyl groups is 1. The molecule has 0 aromatic heterocycles. The summed E-state index contributed by atoms with van der Waals surface area (Å²) in [4.78, 5) is 2.17. The van der Waals surface area contributed by atoms with Crippen LogP contribution in [0.4, 0.5) is 5.69 Å². The summed E-state index contributed by atoms with van der Waals surface area (Å²) in [5.41, 5.74) is 7.36. The van der Waals surface area contributed by atoms with Crippen molar-refractivity contribution in [3.63, 3.8) is 0 Å². The minimum Gasteiger partial charge on any atom is -0.409 e. The molecule has 1 aromatic rings. The summed E-state index contributed by atoms with van der Waals surface area (Å²) in [7, 11) is 0. The SMILES string of the molecule is N/C(=N/O)c1ccc(Br)cc1N(CCO)C1CCCC1. The fourth-order valence-corrected chi connectivity index (χ4v) is 3.19. The van der Waals surface area contributed by atoms with Crippen molar-refractivity contribution in [1.29, 1.82) is 0 Å². The summed E-state index contributed by atoms with van der Waals surface area (Å²) in [6.07, 6.45) is 4.64. The van der Waals surface area contributed by atoms with E-state index in [1.54, 1.807) is 0 Å². The summed E-state index contributed by atoms with van der Waals surface area (Å²) in [6.45, 7) is 0.630. The van der Waals surface area contributed by atoms with E-state index in [-0.39, 0.29) is 12.4 Å². The molecule has 0 heterocycles. The Morgan fingerprint density at radius 2 is 2.10 bits per heavy atom. The minimum absolute atomic E-state index is 0.0820. The van der Waals surface area contributed by atoms with Gasteiger partial charge in [-0.05, 0) is 31.0 Å². The Bertz CT molecular complexity index is 487. The van der Waals surface area contributed by atoms with E-state index in [2.05, 4.69) is 26.0 Å². The number of hydrogen-bond donors (Lipinski definition) is 3. The third-order valence-corrected chi connectivity index (χ3v) is 4.25. The van der Waals surface area contributed by atoms with Gasteiger partial charge in [0, 0.05) is 28.3 Å². The number of anilines is 1. The smallest absolute Gasteiger partial charge is 0.172 e. The molecule has 1 saturated carbocycles. The zero-order valence-electron chi connectivity index (χ0n) is 11.3. The number of amidine groups is 1. The molecule has 5 nitrogen and oxygen atoms in total. The van der Waals surface area contributed by atoms with Gasteiger partial charge in [0.1, 0.15) is 0 Å². The van der Waals surface area contributed by atoms with Crippen LogP contribution >= 0.6 is 15.9 Å². The van der Waals surface area contributed by atoms with Crippen molar-refractivity contribution in [3.05, 3.63) is 28.2 Å². The van der Waals surface area contributed by atoms with Crippen LogP contribution in [0, 0.1) is 0 Å². The first-order valence-corrected chi connectivity index (χ1v) is 7.61. The third kappa shape index (κ3) is 3.24. The normalized spacial score (nSPS) is 16.6. The molecule has 1 aliphatic rings. The molecule has 0 aliphatic heterocycles. The number of nitrogens with two attached hydrogens (primary N) is 1. The van der Waals surface area contributed by atoms with E-state index in [9.17, 15) is 5.11 Å². The van der Waals surface area contributed by atoms with Gasteiger partial charge in [0.2, 0.25) is 0 Å². The molecule has 0 unspecified atom stereocenters. The number of nitrogens with zero attached hydrogens (tertiary/aromatic N) is 2. The fourth-order valence-electron chi connectivity index (χ4n) is 2.84. The zero-order chi connectivity index (χ0) is 14.5. The predicted molar refractivity (Wildman–Crippen MR) is 83.3 cm³/mol. The molecule has 4 N–H and O–H groups in total. The van der Waals surface area contributed by atoms with E-state index in [1.807, 2.05) is 18.2 Å². The van der Waals surface area contributed by atoms with E-state index in [4.69, 9.17) is 10.9 Å². The van der Waals surface area contributed by atoms with Gasteiger partial charge in [-0.2, -0.15) is 0 Å². The molecule has 0 saturated heterocycles. The third-order valence-electron chi connectivity index (χ3n) is 3.76. The second-order valence-electron chi connectivity index (χ2n) is 5.00. The van der Waals surface area contributed by atoms with Crippen molar-refractivity contribution in [2.45, 2.75) is 31.7 Å². The summed E-state index contributed by atoms with van der Waals surface area (Å²) < 4.78 is 0.933. The molecular weight excluding hydrogens is 322 g/mol. The lowest BCUT2D eigenvalue weighted by Gasteiger charge is -2.32.